The first kappa shape index (κ1) is 9.88. The lowest BCUT2D eigenvalue weighted by Gasteiger charge is -1.97. The molecule has 1 aromatic rings. The van der Waals surface area contributed by atoms with E-state index in [-0.39, 0.29) is 17.5 Å². The molecule has 0 bridgehead atoms. The minimum absolute atomic E-state index is 0.112. The van der Waals surface area contributed by atoms with Gasteiger partial charge >= 0.3 is 0 Å². The summed E-state index contributed by atoms with van der Waals surface area (Å²) in [6.07, 6.45) is -0.286. The normalized spacial score (nSPS) is 8.79. The fourth-order valence-electron chi connectivity index (χ4n) is 0.953. The van der Waals surface area contributed by atoms with Crippen molar-refractivity contribution in [3.63, 3.8) is 0 Å². The van der Waals surface area contributed by atoms with Crippen LogP contribution in [0.4, 0.5) is 4.39 Å². The number of carbonyl (C=O) groups excluding carboxylic acids is 1. The van der Waals surface area contributed by atoms with E-state index in [1.165, 1.54) is 12.1 Å². The zero-order valence-electron chi connectivity index (χ0n) is 7.12. The van der Waals surface area contributed by atoms with Crippen LogP contribution in [0.1, 0.15) is 22.3 Å². The van der Waals surface area contributed by atoms with Crippen LogP contribution in [0.15, 0.2) is 18.2 Å². The average molecular weight is 188 g/mol. The molecule has 0 aliphatic heterocycles. The summed E-state index contributed by atoms with van der Waals surface area (Å²) in [4.78, 5) is 11.1. The highest BCUT2D eigenvalue weighted by Gasteiger charge is 2.08. The molecule has 0 spiro atoms. The number of halogens is 1. The Hall–Kier alpha value is -2.20. The van der Waals surface area contributed by atoms with Gasteiger partial charge < -0.3 is 0 Å². The number of Topliss-reactive ketones (excluding diaryl/α,β-unsaturated/α-hetero) is 1. The molecular formula is C10H5FN2O. The molecule has 0 unspecified atom stereocenters. The summed E-state index contributed by atoms with van der Waals surface area (Å²) in [7, 11) is 0. The monoisotopic (exact) mass is 188 g/mol. The first-order chi connectivity index (χ1) is 6.69. The van der Waals surface area contributed by atoms with Crippen molar-refractivity contribution in [1.29, 1.82) is 10.5 Å². The molecule has 0 N–H and O–H groups in total. The highest BCUT2D eigenvalue weighted by atomic mass is 19.1. The smallest absolute Gasteiger partial charge is 0.176 e. The fraction of sp³-hybridized carbons (Fsp3) is 0.100. The van der Waals surface area contributed by atoms with E-state index in [4.69, 9.17) is 10.5 Å². The molecule has 68 valence electrons. The van der Waals surface area contributed by atoms with E-state index < -0.39 is 11.6 Å². The second-order valence-corrected chi connectivity index (χ2v) is 2.56. The third-order valence-corrected chi connectivity index (χ3v) is 1.65. The van der Waals surface area contributed by atoms with Crippen LogP contribution in [-0.4, -0.2) is 5.78 Å². The first-order valence-electron chi connectivity index (χ1n) is 3.79. The quantitative estimate of drug-likeness (QED) is 0.664. The topological polar surface area (TPSA) is 64.7 Å². The molecule has 0 aromatic heterocycles. The van der Waals surface area contributed by atoms with Crippen molar-refractivity contribution in [3.05, 3.63) is 35.1 Å². The molecule has 14 heavy (non-hydrogen) atoms. The summed E-state index contributed by atoms with van der Waals surface area (Å²) in [6.45, 7) is 0. The lowest BCUT2D eigenvalue weighted by atomic mass is 10.1. The van der Waals surface area contributed by atoms with E-state index in [1.54, 1.807) is 12.1 Å². The minimum atomic E-state index is -0.740. The Labute approximate surface area is 80.0 Å². The maximum atomic E-state index is 13.0. The fourth-order valence-corrected chi connectivity index (χ4v) is 0.953. The van der Waals surface area contributed by atoms with Crippen LogP contribution in [0, 0.1) is 28.5 Å². The minimum Gasteiger partial charge on any atom is -0.293 e. The molecule has 0 amide bonds. The molecule has 1 aromatic carbocycles. The van der Waals surface area contributed by atoms with Crippen molar-refractivity contribution in [2.75, 3.05) is 0 Å². The number of nitrogens with zero attached hydrogens (tertiary/aromatic N) is 2. The SMILES string of the molecule is N#CCC(=O)c1ccc(C#N)c(F)c1. The first-order valence-corrected chi connectivity index (χ1v) is 3.79. The number of hydrogen-bond donors (Lipinski definition) is 0. The third kappa shape index (κ3) is 1.94. The highest BCUT2D eigenvalue weighted by molar-refractivity contribution is 5.97. The van der Waals surface area contributed by atoms with Gasteiger partial charge in [-0.25, -0.2) is 4.39 Å². The van der Waals surface area contributed by atoms with Crippen molar-refractivity contribution in [3.8, 4) is 12.1 Å². The van der Waals surface area contributed by atoms with Gasteiger partial charge in [0.25, 0.3) is 0 Å². The van der Waals surface area contributed by atoms with E-state index in [0.717, 1.165) is 6.07 Å². The van der Waals surface area contributed by atoms with Gasteiger partial charge in [0.1, 0.15) is 11.9 Å². The number of rotatable bonds is 2. The number of benzene rings is 1. The summed E-state index contributed by atoms with van der Waals surface area (Å²) in [5, 5.41) is 16.7. The predicted molar refractivity (Wildman–Crippen MR) is 45.7 cm³/mol. The lowest BCUT2D eigenvalue weighted by Crippen LogP contribution is -1.98. The van der Waals surface area contributed by atoms with Gasteiger partial charge in [0.05, 0.1) is 18.1 Å². The zero-order chi connectivity index (χ0) is 10.6. The lowest BCUT2D eigenvalue weighted by molar-refractivity contribution is 0.0997. The Balaban J connectivity index is 3.05. The van der Waals surface area contributed by atoms with Crippen LogP contribution >= 0.6 is 0 Å². The van der Waals surface area contributed by atoms with Crippen LogP contribution in [0.3, 0.4) is 0 Å². The van der Waals surface area contributed by atoms with Gasteiger partial charge in [-0.1, -0.05) is 0 Å². The maximum Gasteiger partial charge on any atom is 0.176 e. The number of nitriles is 2. The Morgan fingerprint density at radius 2 is 2.14 bits per heavy atom. The molecule has 0 aliphatic carbocycles. The number of ketones is 1. The number of hydrogen-bond acceptors (Lipinski definition) is 3. The second kappa shape index (κ2) is 4.15. The van der Waals surface area contributed by atoms with Gasteiger partial charge in [-0.3, -0.25) is 4.79 Å². The molecule has 0 heterocycles. The number of carbonyl (C=O) groups is 1. The standard InChI is InChI=1S/C10H5FN2O/c11-9-5-7(10(14)3-4-12)1-2-8(9)6-13/h1-2,5H,3H2. The molecule has 0 saturated carbocycles. The van der Waals surface area contributed by atoms with E-state index in [2.05, 4.69) is 0 Å². The molecule has 1 rings (SSSR count). The van der Waals surface area contributed by atoms with Crippen molar-refractivity contribution in [2.45, 2.75) is 6.42 Å². The molecular weight excluding hydrogens is 183 g/mol. The summed E-state index contributed by atoms with van der Waals surface area (Å²) in [6, 6.07) is 6.85. The molecule has 0 aliphatic rings. The summed E-state index contributed by atoms with van der Waals surface area (Å²) >= 11 is 0. The Morgan fingerprint density at radius 3 is 2.64 bits per heavy atom. The van der Waals surface area contributed by atoms with Gasteiger partial charge in [-0.05, 0) is 18.2 Å². The van der Waals surface area contributed by atoms with Crippen LogP contribution < -0.4 is 0 Å². The van der Waals surface area contributed by atoms with Crippen molar-refractivity contribution >= 4 is 5.78 Å². The summed E-state index contributed by atoms with van der Waals surface area (Å²) in [5.74, 6) is -1.19. The summed E-state index contributed by atoms with van der Waals surface area (Å²) in [5.41, 5.74) is 0.00144. The van der Waals surface area contributed by atoms with Gasteiger partial charge in [0.15, 0.2) is 5.78 Å². The highest BCUT2D eigenvalue weighted by Crippen LogP contribution is 2.10. The second-order valence-electron chi connectivity index (χ2n) is 2.56. The van der Waals surface area contributed by atoms with E-state index in [1.807, 2.05) is 0 Å². The van der Waals surface area contributed by atoms with Crippen LogP contribution in [0.2, 0.25) is 0 Å². The van der Waals surface area contributed by atoms with E-state index >= 15 is 0 Å². The molecule has 0 atom stereocenters. The molecule has 0 radical (unpaired) electrons. The Kier molecular flexibility index (Phi) is 2.93. The van der Waals surface area contributed by atoms with Gasteiger partial charge in [-0.15, -0.1) is 0 Å². The van der Waals surface area contributed by atoms with Gasteiger partial charge in [0.2, 0.25) is 0 Å². The molecule has 0 saturated heterocycles. The Bertz CT molecular complexity index is 454. The van der Waals surface area contributed by atoms with Crippen LogP contribution in [0.5, 0.6) is 0 Å². The van der Waals surface area contributed by atoms with Crippen molar-refractivity contribution in [1.82, 2.24) is 0 Å². The average Bonchev–Trinajstić information content (AvgIpc) is 2.18. The zero-order valence-corrected chi connectivity index (χ0v) is 7.12. The maximum absolute atomic E-state index is 13.0. The molecule has 3 nitrogen and oxygen atoms in total. The van der Waals surface area contributed by atoms with Gasteiger partial charge in [0, 0.05) is 5.56 Å². The molecule has 0 fully saturated rings. The van der Waals surface area contributed by atoms with Crippen molar-refractivity contribution in [2.24, 2.45) is 0 Å². The van der Waals surface area contributed by atoms with Crippen molar-refractivity contribution < 1.29 is 9.18 Å². The van der Waals surface area contributed by atoms with E-state index in [9.17, 15) is 9.18 Å². The predicted octanol–water partition coefficient (Wildman–Crippen LogP) is 1.79. The summed E-state index contributed by atoms with van der Waals surface area (Å²) < 4.78 is 13.0. The van der Waals surface area contributed by atoms with Crippen LogP contribution in [0.25, 0.3) is 0 Å². The van der Waals surface area contributed by atoms with Crippen LogP contribution in [-0.2, 0) is 0 Å². The van der Waals surface area contributed by atoms with Gasteiger partial charge in [-0.2, -0.15) is 10.5 Å². The van der Waals surface area contributed by atoms with E-state index in [0.29, 0.717) is 0 Å². The third-order valence-electron chi connectivity index (χ3n) is 1.65. The molecule has 4 heteroatoms. The largest absolute Gasteiger partial charge is 0.293 e. The Morgan fingerprint density at radius 1 is 1.43 bits per heavy atom.